The Kier molecular flexibility index (Phi) is 5.13. The van der Waals surface area contributed by atoms with Gasteiger partial charge < -0.3 is 19.3 Å². The third-order valence-corrected chi connectivity index (χ3v) is 3.90. The molecular formula is C16H18ClN3O4. The first kappa shape index (κ1) is 16.9. The second-order valence-corrected chi connectivity index (χ2v) is 5.97. The molecule has 0 bridgehead atoms. The number of ketones is 1. The highest BCUT2D eigenvalue weighted by molar-refractivity contribution is 6.31. The van der Waals surface area contributed by atoms with Gasteiger partial charge in [0.25, 0.3) is 5.89 Å². The van der Waals surface area contributed by atoms with E-state index in [0.717, 1.165) is 6.54 Å². The van der Waals surface area contributed by atoms with Crippen LogP contribution in [0.5, 0.6) is 5.75 Å². The molecule has 1 saturated heterocycles. The Morgan fingerprint density at radius 2 is 2.33 bits per heavy atom. The summed E-state index contributed by atoms with van der Waals surface area (Å²) in [4.78, 5) is 16.1. The van der Waals surface area contributed by atoms with Gasteiger partial charge in [-0.3, -0.25) is 4.79 Å². The SMILES string of the molecule is CC(=O)c1cc(Cl)ccc1OC(C)c1nc(C2COCCN2)no1. The Balaban J connectivity index is 1.74. The van der Waals surface area contributed by atoms with E-state index in [1.54, 1.807) is 25.1 Å². The van der Waals surface area contributed by atoms with Crippen molar-refractivity contribution in [2.24, 2.45) is 0 Å². The summed E-state index contributed by atoms with van der Waals surface area (Å²) in [7, 11) is 0. The first-order chi connectivity index (χ1) is 11.5. The van der Waals surface area contributed by atoms with Crippen LogP contribution >= 0.6 is 11.6 Å². The van der Waals surface area contributed by atoms with Crippen molar-refractivity contribution in [1.29, 1.82) is 0 Å². The van der Waals surface area contributed by atoms with Crippen molar-refractivity contribution >= 4 is 17.4 Å². The zero-order chi connectivity index (χ0) is 17.1. The van der Waals surface area contributed by atoms with Gasteiger partial charge in [0, 0.05) is 11.6 Å². The van der Waals surface area contributed by atoms with E-state index < -0.39 is 6.10 Å². The van der Waals surface area contributed by atoms with Gasteiger partial charge in [-0.1, -0.05) is 16.8 Å². The predicted octanol–water partition coefficient (Wildman–Crippen LogP) is 2.73. The number of nitrogens with one attached hydrogen (secondary N) is 1. The van der Waals surface area contributed by atoms with Crippen LogP contribution in [0, 0.1) is 0 Å². The lowest BCUT2D eigenvalue weighted by molar-refractivity contribution is 0.0734. The van der Waals surface area contributed by atoms with Crippen molar-refractivity contribution < 1.29 is 18.8 Å². The molecule has 0 radical (unpaired) electrons. The van der Waals surface area contributed by atoms with E-state index >= 15 is 0 Å². The van der Waals surface area contributed by atoms with Crippen LogP contribution in [0.1, 0.15) is 48.1 Å². The molecule has 0 amide bonds. The van der Waals surface area contributed by atoms with Gasteiger partial charge >= 0.3 is 0 Å². The van der Waals surface area contributed by atoms with Gasteiger partial charge in [-0.05, 0) is 32.0 Å². The van der Waals surface area contributed by atoms with E-state index in [4.69, 9.17) is 25.6 Å². The number of benzene rings is 1. The third kappa shape index (κ3) is 3.75. The van der Waals surface area contributed by atoms with Gasteiger partial charge in [-0.25, -0.2) is 0 Å². The summed E-state index contributed by atoms with van der Waals surface area (Å²) in [6.07, 6.45) is -0.505. The summed E-state index contributed by atoms with van der Waals surface area (Å²) in [6, 6.07) is 4.81. The molecule has 1 N–H and O–H groups in total. The molecular weight excluding hydrogens is 334 g/mol. The average molecular weight is 352 g/mol. The quantitative estimate of drug-likeness (QED) is 0.829. The smallest absolute Gasteiger partial charge is 0.267 e. The fraction of sp³-hybridized carbons (Fsp3) is 0.438. The lowest BCUT2D eigenvalue weighted by Crippen LogP contribution is -2.35. The number of carbonyl (C=O) groups excluding carboxylic acids is 1. The molecule has 1 aromatic carbocycles. The second kappa shape index (κ2) is 7.29. The normalized spacial score (nSPS) is 19.0. The molecule has 7 nitrogen and oxygen atoms in total. The van der Waals surface area contributed by atoms with E-state index in [1.165, 1.54) is 6.92 Å². The number of nitrogens with zero attached hydrogens (tertiary/aromatic N) is 2. The molecule has 24 heavy (non-hydrogen) atoms. The summed E-state index contributed by atoms with van der Waals surface area (Å²) in [5.74, 6) is 1.16. The van der Waals surface area contributed by atoms with Crippen molar-refractivity contribution in [3.63, 3.8) is 0 Å². The monoisotopic (exact) mass is 351 g/mol. The number of hydrogen-bond donors (Lipinski definition) is 1. The zero-order valence-electron chi connectivity index (χ0n) is 13.4. The molecule has 1 aliphatic heterocycles. The predicted molar refractivity (Wildman–Crippen MR) is 86.4 cm³/mol. The Morgan fingerprint density at radius 3 is 3.04 bits per heavy atom. The molecule has 1 fully saturated rings. The lowest BCUT2D eigenvalue weighted by atomic mass is 10.1. The van der Waals surface area contributed by atoms with Gasteiger partial charge in [-0.15, -0.1) is 0 Å². The molecule has 2 unspecified atom stereocenters. The summed E-state index contributed by atoms with van der Waals surface area (Å²) < 4.78 is 16.5. The fourth-order valence-corrected chi connectivity index (χ4v) is 2.58. The van der Waals surface area contributed by atoms with Crippen LogP contribution < -0.4 is 10.1 Å². The number of halogens is 1. The summed E-state index contributed by atoms with van der Waals surface area (Å²) >= 11 is 5.94. The molecule has 128 valence electrons. The van der Waals surface area contributed by atoms with Crippen LogP contribution in [-0.4, -0.2) is 35.7 Å². The molecule has 2 aromatic rings. The number of carbonyl (C=O) groups is 1. The number of rotatable bonds is 5. The van der Waals surface area contributed by atoms with Gasteiger partial charge in [-0.2, -0.15) is 4.98 Å². The zero-order valence-corrected chi connectivity index (χ0v) is 14.2. The van der Waals surface area contributed by atoms with Crippen molar-refractivity contribution in [2.75, 3.05) is 19.8 Å². The van der Waals surface area contributed by atoms with Gasteiger partial charge in [0.1, 0.15) is 5.75 Å². The fourth-order valence-electron chi connectivity index (χ4n) is 2.41. The van der Waals surface area contributed by atoms with Crippen molar-refractivity contribution in [2.45, 2.75) is 26.0 Å². The maximum atomic E-state index is 11.7. The van der Waals surface area contributed by atoms with Crippen LogP contribution in [0.2, 0.25) is 5.02 Å². The van der Waals surface area contributed by atoms with Crippen LogP contribution in [0.4, 0.5) is 0 Å². The maximum Gasteiger partial charge on any atom is 0.267 e. The highest BCUT2D eigenvalue weighted by Crippen LogP contribution is 2.28. The minimum absolute atomic E-state index is 0.0910. The van der Waals surface area contributed by atoms with E-state index in [0.29, 0.717) is 41.3 Å². The Hall–Kier alpha value is -1.96. The van der Waals surface area contributed by atoms with Crippen molar-refractivity contribution in [3.8, 4) is 5.75 Å². The van der Waals surface area contributed by atoms with Crippen molar-refractivity contribution in [3.05, 3.63) is 40.5 Å². The molecule has 2 atom stereocenters. The first-order valence-corrected chi connectivity index (χ1v) is 8.04. The summed E-state index contributed by atoms with van der Waals surface area (Å²) in [5, 5.41) is 7.71. The Labute approximate surface area is 144 Å². The summed E-state index contributed by atoms with van der Waals surface area (Å²) in [6.45, 7) is 5.15. The molecule has 1 aliphatic rings. The summed E-state index contributed by atoms with van der Waals surface area (Å²) in [5.41, 5.74) is 0.413. The minimum Gasteiger partial charge on any atom is -0.480 e. The average Bonchev–Trinajstić information content (AvgIpc) is 3.07. The second-order valence-electron chi connectivity index (χ2n) is 5.53. The van der Waals surface area contributed by atoms with Crippen molar-refractivity contribution in [1.82, 2.24) is 15.5 Å². The molecule has 1 aromatic heterocycles. The molecule has 8 heteroatoms. The van der Waals surface area contributed by atoms with Crippen LogP contribution in [0.25, 0.3) is 0 Å². The van der Waals surface area contributed by atoms with Crippen LogP contribution in [0.3, 0.4) is 0 Å². The highest BCUT2D eigenvalue weighted by atomic mass is 35.5. The maximum absolute atomic E-state index is 11.7. The number of ether oxygens (including phenoxy) is 2. The molecule has 3 rings (SSSR count). The standard InChI is InChI=1S/C16H18ClN3O4/c1-9(21)12-7-11(17)3-4-14(12)23-10(2)16-19-15(20-24-16)13-8-22-6-5-18-13/h3-4,7,10,13,18H,5-6,8H2,1-2H3. The van der Waals surface area contributed by atoms with Gasteiger partial charge in [0.05, 0.1) is 24.8 Å². The molecule has 0 spiro atoms. The first-order valence-electron chi connectivity index (χ1n) is 7.66. The number of Topliss-reactive ketones (excluding diaryl/α,β-unsaturated/α-hetero) is 1. The largest absolute Gasteiger partial charge is 0.480 e. The minimum atomic E-state index is -0.505. The number of aromatic nitrogens is 2. The van der Waals surface area contributed by atoms with E-state index in [2.05, 4.69) is 15.5 Å². The topological polar surface area (TPSA) is 86.5 Å². The van der Waals surface area contributed by atoms with Crippen LogP contribution in [-0.2, 0) is 4.74 Å². The number of morpholine rings is 1. The molecule has 2 heterocycles. The Bertz CT molecular complexity index is 728. The number of hydrogen-bond acceptors (Lipinski definition) is 7. The van der Waals surface area contributed by atoms with Gasteiger partial charge in [0.2, 0.25) is 0 Å². The third-order valence-electron chi connectivity index (χ3n) is 3.66. The van der Waals surface area contributed by atoms with E-state index in [1.807, 2.05) is 0 Å². The lowest BCUT2D eigenvalue weighted by Gasteiger charge is -2.20. The highest BCUT2D eigenvalue weighted by Gasteiger charge is 2.24. The molecule has 0 saturated carbocycles. The van der Waals surface area contributed by atoms with E-state index in [9.17, 15) is 4.79 Å². The van der Waals surface area contributed by atoms with Crippen LogP contribution in [0.15, 0.2) is 22.7 Å². The van der Waals surface area contributed by atoms with Gasteiger partial charge in [0.15, 0.2) is 17.7 Å². The van der Waals surface area contributed by atoms with E-state index in [-0.39, 0.29) is 11.8 Å². The Morgan fingerprint density at radius 1 is 1.50 bits per heavy atom. The molecule has 0 aliphatic carbocycles.